The molecule has 0 aromatic rings. The second kappa shape index (κ2) is 7.29. The van der Waals surface area contributed by atoms with E-state index in [0.717, 1.165) is 25.9 Å². The minimum absolute atomic E-state index is 0.0607. The van der Waals surface area contributed by atoms with Crippen molar-refractivity contribution in [3.63, 3.8) is 0 Å². The first-order valence-electron chi connectivity index (χ1n) is 7.05. The highest BCUT2D eigenvalue weighted by atomic mass is 16.7. The molecule has 0 saturated carbocycles. The van der Waals surface area contributed by atoms with Gasteiger partial charge in [-0.25, -0.2) is 0 Å². The lowest BCUT2D eigenvalue weighted by atomic mass is 9.90. The Balaban J connectivity index is 2.46. The summed E-state index contributed by atoms with van der Waals surface area (Å²) in [5, 5.41) is 0. The molecule has 1 saturated heterocycles. The summed E-state index contributed by atoms with van der Waals surface area (Å²) in [7, 11) is 0. The first-order valence-corrected chi connectivity index (χ1v) is 7.05. The summed E-state index contributed by atoms with van der Waals surface area (Å²) in [4.78, 5) is 0. The van der Waals surface area contributed by atoms with E-state index in [9.17, 15) is 0 Å². The van der Waals surface area contributed by atoms with Gasteiger partial charge in [-0.1, -0.05) is 33.6 Å². The molecule has 1 atom stereocenters. The van der Waals surface area contributed by atoms with Crippen LogP contribution in [0.4, 0.5) is 0 Å². The van der Waals surface area contributed by atoms with Gasteiger partial charge in [-0.05, 0) is 38.5 Å². The normalized spacial score (nSPS) is 22.3. The maximum Gasteiger partial charge on any atom is 0.158 e. The van der Waals surface area contributed by atoms with Crippen LogP contribution in [0, 0.1) is 0 Å². The van der Waals surface area contributed by atoms with E-state index < -0.39 is 0 Å². The molecule has 0 aromatic carbocycles. The first kappa shape index (κ1) is 14.0. The molecule has 1 unspecified atom stereocenters. The first-order chi connectivity index (χ1) is 7.76. The molecule has 2 heteroatoms. The van der Waals surface area contributed by atoms with Crippen LogP contribution in [0.5, 0.6) is 0 Å². The monoisotopic (exact) mass is 228 g/mol. The Hall–Kier alpha value is -0.0800. The van der Waals surface area contributed by atoms with Crippen molar-refractivity contribution in [3.8, 4) is 0 Å². The van der Waals surface area contributed by atoms with Crippen molar-refractivity contribution in [1.82, 2.24) is 0 Å². The average molecular weight is 228 g/mol. The standard InChI is InChI=1S/C14H28O2/c1-4-7-11-14(5-2,6-3)16-13-10-8-9-12-15-13/h13H,4-12H2,1-3H3. The minimum atomic E-state index is 0.0607. The van der Waals surface area contributed by atoms with Crippen LogP contribution < -0.4 is 0 Å². The topological polar surface area (TPSA) is 18.5 Å². The average Bonchev–Trinajstić information content (AvgIpc) is 2.36. The third kappa shape index (κ3) is 4.06. The van der Waals surface area contributed by atoms with Crippen LogP contribution in [0.15, 0.2) is 0 Å². The van der Waals surface area contributed by atoms with E-state index in [2.05, 4.69) is 20.8 Å². The fourth-order valence-electron chi connectivity index (χ4n) is 2.41. The number of rotatable bonds is 7. The van der Waals surface area contributed by atoms with E-state index in [4.69, 9.17) is 9.47 Å². The molecule has 0 aromatic heterocycles. The van der Waals surface area contributed by atoms with Crippen LogP contribution in [0.2, 0.25) is 0 Å². The number of hydrogen-bond donors (Lipinski definition) is 0. The van der Waals surface area contributed by atoms with Gasteiger partial charge in [0.1, 0.15) is 0 Å². The van der Waals surface area contributed by atoms with Gasteiger partial charge in [0.2, 0.25) is 0 Å². The highest BCUT2D eigenvalue weighted by molar-refractivity contribution is 4.78. The lowest BCUT2D eigenvalue weighted by Gasteiger charge is -2.37. The molecule has 0 N–H and O–H groups in total. The van der Waals surface area contributed by atoms with Crippen LogP contribution in [0.1, 0.15) is 72.1 Å². The summed E-state index contributed by atoms with van der Waals surface area (Å²) < 4.78 is 12.0. The number of hydrogen-bond acceptors (Lipinski definition) is 2. The molecule has 0 amide bonds. The van der Waals surface area contributed by atoms with Gasteiger partial charge in [0, 0.05) is 6.61 Å². The van der Waals surface area contributed by atoms with E-state index in [1.54, 1.807) is 0 Å². The fraction of sp³-hybridized carbons (Fsp3) is 1.00. The van der Waals surface area contributed by atoms with Crippen LogP contribution in [-0.2, 0) is 9.47 Å². The Labute approximate surface area is 101 Å². The minimum Gasteiger partial charge on any atom is -0.353 e. The van der Waals surface area contributed by atoms with Gasteiger partial charge < -0.3 is 9.47 Å². The molecule has 1 rings (SSSR count). The summed E-state index contributed by atoms with van der Waals surface area (Å²) in [6.45, 7) is 7.60. The van der Waals surface area contributed by atoms with Gasteiger partial charge in [0.25, 0.3) is 0 Å². The summed E-state index contributed by atoms with van der Waals surface area (Å²) in [5.74, 6) is 0. The Morgan fingerprint density at radius 2 is 1.94 bits per heavy atom. The summed E-state index contributed by atoms with van der Waals surface area (Å²) in [6, 6.07) is 0. The second-order valence-electron chi connectivity index (χ2n) is 4.91. The van der Waals surface area contributed by atoms with Crippen LogP contribution in [-0.4, -0.2) is 18.5 Å². The molecular formula is C14H28O2. The predicted molar refractivity (Wildman–Crippen MR) is 67.5 cm³/mol. The van der Waals surface area contributed by atoms with Gasteiger partial charge in [0.15, 0.2) is 6.29 Å². The van der Waals surface area contributed by atoms with Gasteiger partial charge in [-0.3, -0.25) is 0 Å². The lowest BCUT2D eigenvalue weighted by molar-refractivity contribution is -0.229. The lowest BCUT2D eigenvalue weighted by Crippen LogP contribution is -2.38. The zero-order valence-corrected chi connectivity index (χ0v) is 11.3. The van der Waals surface area contributed by atoms with E-state index in [-0.39, 0.29) is 11.9 Å². The molecule has 96 valence electrons. The smallest absolute Gasteiger partial charge is 0.158 e. The second-order valence-corrected chi connectivity index (χ2v) is 4.91. The number of ether oxygens (including phenoxy) is 2. The molecule has 16 heavy (non-hydrogen) atoms. The van der Waals surface area contributed by atoms with E-state index in [0.29, 0.717) is 0 Å². The fourth-order valence-corrected chi connectivity index (χ4v) is 2.41. The summed E-state index contributed by atoms with van der Waals surface area (Å²) >= 11 is 0. The van der Waals surface area contributed by atoms with E-state index in [1.165, 1.54) is 32.1 Å². The quantitative estimate of drug-likeness (QED) is 0.647. The van der Waals surface area contributed by atoms with Crippen molar-refractivity contribution in [2.45, 2.75) is 84.0 Å². The third-order valence-electron chi connectivity index (χ3n) is 3.79. The van der Waals surface area contributed by atoms with Crippen molar-refractivity contribution >= 4 is 0 Å². The van der Waals surface area contributed by atoms with Crippen LogP contribution in [0.25, 0.3) is 0 Å². The van der Waals surface area contributed by atoms with Crippen LogP contribution >= 0.6 is 0 Å². The molecule has 0 bridgehead atoms. The Bertz CT molecular complexity index is 170. The maximum absolute atomic E-state index is 6.26. The summed E-state index contributed by atoms with van der Waals surface area (Å²) in [6.07, 6.45) is 9.47. The zero-order valence-electron chi connectivity index (χ0n) is 11.3. The van der Waals surface area contributed by atoms with Gasteiger partial charge >= 0.3 is 0 Å². The van der Waals surface area contributed by atoms with Crippen molar-refractivity contribution in [3.05, 3.63) is 0 Å². The molecule has 1 aliphatic heterocycles. The maximum atomic E-state index is 6.26. The molecule has 0 radical (unpaired) electrons. The summed E-state index contributed by atoms with van der Waals surface area (Å²) in [5.41, 5.74) is 0.0675. The third-order valence-corrected chi connectivity index (χ3v) is 3.79. The largest absolute Gasteiger partial charge is 0.353 e. The van der Waals surface area contributed by atoms with Gasteiger partial charge in [-0.15, -0.1) is 0 Å². The molecule has 2 nitrogen and oxygen atoms in total. The molecule has 1 heterocycles. The molecule has 0 spiro atoms. The van der Waals surface area contributed by atoms with Crippen molar-refractivity contribution in [2.75, 3.05) is 6.61 Å². The SMILES string of the molecule is CCCCC(CC)(CC)OC1CCCCO1. The Kier molecular flexibility index (Phi) is 6.37. The van der Waals surface area contributed by atoms with Crippen molar-refractivity contribution in [2.24, 2.45) is 0 Å². The van der Waals surface area contributed by atoms with Gasteiger partial charge in [-0.2, -0.15) is 0 Å². The molecular weight excluding hydrogens is 200 g/mol. The van der Waals surface area contributed by atoms with Gasteiger partial charge in [0.05, 0.1) is 5.60 Å². The Morgan fingerprint density at radius 1 is 1.19 bits per heavy atom. The molecule has 1 aliphatic rings. The molecule has 0 aliphatic carbocycles. The van der Waals surface area contributed by atoms with Crippen molar-refractivity contribution in [1.29, 1.82) is 0 Å². The van der Waals surface area contributed by atoms with Crippen LogP contribution in [0.3, 0.4) is 0 Å². The van der Waals surface area contributed by atoms with E-state index in [1.807, 2.05) is 0 Å². The highest BCUT2D eigenvalue weighted by Gasteiger charge is 2.30. The zero-order chi connectivity index (χ0) is 11.9. The highest BCUT2D eigenvalue weighted by Crippen LogP contribution is 2.31. The predicted octanol–water partition coefficient (Wildman–Crippen LogP) is 4.28. The van der Waals surface area contributed by atoms with E-state index >= 15 is 0 Å². The van der Waals surface area contributed by atoms with Crippen molar-refractivity contribution < 1.29 is 9.47 Å². The number of unbranched alkanes of at least 4 members (excludes halogenated alkanes) is 1. The Morgan fingerprint density at radius 3 is 2.44 bits per heavy atom. The molecule has 1 fully saturated rings.